The first-order valence-corrected chi connectivity index (χ1v) is 6.59. The molecule has 0 fully saturated rings. The molecule has 6 nitrogen and oxygen atoms in total. The highest BCUT2D eigenvalue weighted by Crippen LogP contribution is 2.31. The summed E-state index contributed by atoms with van der Waals surface area (Å²) in [5.41, 5.74) is 0.909. The Hall–Kier alpha value is -1.92. The molecule has 0 amide bonds. The van der Waals surface area contributed by atoms with E-state index in [1.54, 1.807) is 6.07 Å². The lowest BCUT2D eigenvalue weighted by atomic mass is 10.2. The van der Waals surface area contributed by atoms with Crippen molar-refractivity contribution in [3.05, 3.63) is 45.3 Å². The molecule has 106 valence electrons. The number of oxazole rings is 1. The Morgan fingerprint density at radius 1 is 1.50 bits per heavy atom. The van der Waals surface area contributed by atoms with Crippen molar-refractivity contribution in [2.24, 2.45) is 0 Å². The molecule has 7 heteroatoms. The minimum absolute atomic E-state index is 0.118. The molecule has 0 bridgehead atoms. The predicted molar refractivity (Wildman–Crippen MR) is 75.6 cm³/mol. The predicted octanol–water partition coefficient (Wildman–Crippen LogP) is 3.40. The number of hydrogen-bond donors (Lipinski definition) is 1. The molecule has 0 unspecified atom stereocenters. The average molecular weight is 296 g/mol. The van der Waals surface area contributed by atoms with E-state index >= 15 is 0 Å². The van der Waals surface area contributed by atoms with Crippen LogP contribution in [0, 0.1) is 10.1 Å². The lowest BCUT2D eigenvalue weighted by Crippen LogP contribution is -2.13. The van der Waals surface area contributed by atoms with E-state index in [0.29, 0.717) is 22.8 Å². The highest BCUT2D eigenvalue weighted by Gasteiger charge is 2.19. The van der Waals surface area contributed by atoms with Crippen LogP contribution >= 0.6 is 11.6 Å². The van der Waals surface area contributed by atoms with Gasteiger partial charge in [0, 0.05) is 17.6 Å². The minimum Gasteiger partial charge on any atom is -0.444 e. The van der Waals surface area contributed by atoms with Gasteiger partial charge >= 0.3 is 0 Å². The zero-order valence-corrected chi connectivity index (χ0v) is 11.7. The van der Waals surface area contributed by atoms with Crippen LogP contribution in [0.15, 0.2) is 28.9 Å². The fraction of sp³-hybridized carbons (Fsp3) is 0.308. The lowest BCUT2D eigenvalue weighted by Gasteiger charge is -1.99. The first-order valence-electron chi connectivity index (χ1n) is 6.21. The molecule has 0 radical (unpaired) electrons. The average Bonchev–Trinajstić information content (AvgIpc) is 2.87. The van der Waals surface area contributed by atoms with Gasteiger partial charge in [-0.25, -0.2) is 4.98 Å². The molecule has 0 aliphatic rings. The normalized spacial score (nSPS) is 10.7. The van der Waals surface area contributed by atoms with E-state index in [1.165, 1.54) is 18.4 Å². The largest absolute Gasteiger partial charge is 0.444 e. The standard InChI is InChI=1S/C13H14ClN3O3/c1-2-5-15-7-10-8-20-13(16-10)11-4-3-9(14)6-12(11)17(18)19/h3-4,6,8,15H,2,5,7H2,1H3. The number of halogens is 1. The summed E-state index contributed by atoms with van der Waals surface area (Å²) in [5, 5.41) is 14.5. The fourth-order valence-electron chi connectivity index (χ4n) is 1.74. The number of rotatable bonds is 6. The molecule has 0 saturated carbocycles. The van der Waals surface area contributed by atoms with Crippen molar-refractivity contribution in [1.29, 1.82) is 0 Å². The SMILES string of the molecule is CCCNCc1coc(-c2ccc(Cl)cc2[N+](=O)[O-])n1. The first-order chi connectivity index (χ1) is 9.61. The molecule has 0 atom stereocenters. The Morgan fingerprint density at radius 2 is 2.30 bits per heavy atom. The van der Waals surface area contributed by atoms with Crippen LogP contribution in [0.2, 0.25) is 5.02 Å². The third-order valence-corrected chi connectivity index (χ3v) is 2.91. The second-order valence-electron chi connectivity index (χ2n) is 4.24. The van der Waals surface area contributed by atoms with E-state index in [4.69, 9.17) is 16.0 Å². The molecule has 1 N–H and O–H groups in total. The number of nitro groups is 1. The third-order valence-electron chi connectivity index (χ3n) is 2.67. The van der Waals surface area contributed by atoms with Gasteiger partial charge < -0.3 is 9.73 Å². The number of nitrogens with zero attached hydrogens (tertiary/aromatic N) is 2. The summed E-state index contributed by atoms with van der Waals surface area (Å²) in [6.07, 6.45) is 2.52. The van der Waals surface area contributed by atoms with Gasteiger partial charge in [0.25, 0.3) is 5.69 Å². The van der Waals surface area contributed by atoms with Crippen molar-refractivity contribution in [3.63, 3.8) is 0 Å². The maximum atomic E-state index is 11.0. The van der Waals surface area contributed by atoms with Crippen molar-refractivity contribution in [2.75, 3.05) is 6.54 Å². The zero-order valence-electron chi connectivity index (χ0n) is 10.9. The van der Waals surface area contributed by atoms with Crippen molar-refractivity contribution in [2.45, 2.75) is 19.9 Å². The van der Waals surface area contributed by atoms with E-state index in [9.17, 15) is 10.1 Å². The highest BCUT2D eigenvalue weighted by atomic mass is 35.5. The number of nitrogens with one attached hydrogen (secondary N) is 1. The molecule has 0 saturated heterocycles. The summed E-state index contributed by atoms with van der Waals surface area (Å²) < 4.78 is 5.31. The second kappa shape index (κ2) is 6.49. The summed E-state index contributed by atoms with van der Waals surface area (Å²) in [7, 11) is 0. The maximum absolute atomic E-state index is 11.0. The van der Waals surface area contributed by atoms with Crippen LogP contribution < -0.4 is 5.32 Å². The van der Waals surface area contributed by atoms with Gasteiger partial charge in [-0.2, -0.15) is 0 Å². The van der Waals surface area contributed by atoms with Gasteiger partial charge in [-0.1, -0.05) is 18.5 Å². The van der Waals surface area contributed by atoms with Gasteiger partial charge in [0.1, 0.15) is 11.8 Å². The van der Waals surface area contributed by atoms with E-state index in [0.717, 1.165) is 13.0 Å². The fourth-order valence-corrected chi connectivity index (χ4v) is 1.91. The monoisotopic (exact) mass is 295 g/mol. The maximum Gasteiger partial charge on any atom is 0.283 e. The van der Waals surface area contributed by atoms with Crippen molar-refractivity contribution in [1.82, 2.24) is 10.3 Å². The number of aromatic nitrogens is 1. The smallest absolute Gasteiger partial charge is 0.283 e. The molecule has 1 heterocycles. The zero-order chi connectivity index (χ0) is 14.5. The van der Waals surface area contributed by atoms with E-state index in [1.807, 2.05) is 0 Å². The van der Waals surface area contributed by atoms with Gasteiger partial charge in [0.15, 0.2) is 0 Å². The van der Waals surface area contributed by atoms with Crippen molar-refractivity contribution in [3.8, 4) is 11.5 Å². The first kappa shape index (κ1) is 14.5. The number of hydrogen-bond acceptors (Lipinski definition) is 5. The highest BCUT2D eigenvalue weighted by molar-refractivity contribution is 6.30. The molecule has 0 spiro atoms. The van der Waals surface area contributed by atoms with E-state index in [2.05, 4.69) is 17.2 Å². The Bertz CT molecular complexity index is 613. The Balaban J connectivity index is 2.25. The van der Waals surface area contributed by atoms with Crippen molar-refractivity contribution < 1.29 is 9.34 Å². The van der Waals surface area contributed by atoms with Gasteiger partial charge in [-0.05, 0) is 25.1 Å². The van der Waals surface area contributed by atoms with Crippen LogP contribution in [0.4, 0.5) is 5.69 Å². The molecular weight excluding hydrogens is 282 g/mol. The topological polar surface area (TPSA) is 81.2 Å². The van der Waals surface area contributed by atoms with E-state index < -0.39 is 4.92 Å². The number of nitro benzene ring substituents is 1. The summed E-state index contributed by atoms with van der Waals surface area (Å²) in [5.74, 6) is 0.224. The summed E-state index contributed by atoms with van der Waals surface area (Å²) in [4.78, 5) is 14.8. The Kier molecular flexibility index (Phi) is 4.70. The van der Waals surface area contributed by atoms with Crippen LogP contribution in [0.1, 0.15) is 19.0 Å². The van der Waals surface area contributed by atoms with Crippen LogP contribution in [0.3, 0.4) is 0 Å². The molecule has 0 aliphatic carbocycles. The van der Waals surface area contributed by atoms with Crippen molar-refractivity contribution >= 4 is 17.3 Å². The molecular formula is C13H14ClN3O3. The minimum atomic E-state index is -0.500. The third kappa shape index (κ3) is 3.34. The summed E-state index contributed by atoms with van der Waals surface area (Å²) in [6, 6.07) is 4.40. The van der Waals surface area contributed by atoms with E-state index in [-0.39, 0.29) is 11.6 Å². The lowest BCUT2D eigenvalue weighted by molar-refractivity contribution is -0.384. The molecule has 2 rings (SSSR count). The van der Waals surface area contributed by atoms with Crippen LogP contribution in [0.5, 0.6) is 0 Å². The quantitative estimate of drug-likeness (QED) is 0.502. The summed E-state index contributed by atoms with van der Waals surface area (Å²) in [6.45, 7) is 3.51. The van der Waals surface area contributed by atoms with Crippen LogP contribution in [-0.2, 0) is 6.54 Å². The number of benzene rings is 1. The summed E-state index contributed by atoms with van der Waals surface area (Å²) >= 11 is 5.77. The Morgan fingerprint density at radius 3 is 3.00 bits per heavy atom. The molecule has 20 heavy (non-hydrogen) atoms. The van der Waals surface area contributed by atoms with Gasteiger partial charge in [-0.15, -0.1) is 0 Å². The van der Waals surface area contributed by atoms with Crippen LogP contribution in [-0.4, -0.2) is 16.5 Å². The van der Waals surface area contributed by atoms with Gasteiger partial charge in [0.2, 0.25) is 5.89 Å². The Labute approximate surface area is 120 Å². The molecule has 1 aromatic heterocycles. The van der Waals surface area contributed by atoms with Gasteiger partial charge in [-0.3, -0.25) is 10.1 Å². The second-order valence-corrected chi connectivity index (χ2v) is 4.68. The molecule has 0 aliphatic heterocycles. The molecule has 1 aromatic carbocycles. The molecule has 2 aromatic rings. The van der Waals surface area contributed by atoms with Crippen LogP contribution in [0.25, 0.3) is 11.5 Å². The van der Waals surface area contributed by atoms with Gasteiger partial charge in [0.05, 0.1) is 10.6 Å².